The molecule has 1 aromatic rings. The second kappa shape index (κ2) is 8.88. The first-order chi connectivity index (χ1) is 10.8. The number of nitrogens with zero attached hydrogens (tertiary/aromatic N) is 1. The topological polar surface area (TPSA) is 75.7 Å². The summed E-state index contributed by atoms with van der Waals surface area (Å²) in [5, 5.41) is 2.78. The Morgan fingerprint density at radius 2 is 2.09 bits per heavy atom. The summed E-state index contributed by atoms with van der Waals surface area (Å²) in [6.45, 7) is 3.94. The van der Waals surface area contributed by atoms with Crippen LogP contribution >= 0.6 is 0 Å². The standard InChI is InChI=1S/C16H26N2O4S/c1-5-13(2)17-16(19)12-18(23(4,20)21)10-9-14-7-6-8-15(11-14)22-3/h6-8,11,13H,5,9-10,12H2,1-4H3,(H,17,19). The number of sulfonamides is 1. The highest BCUT2D eigenvalue weighted by Crippen LogP contribution is 2.13. The van der Waals surface area contributed by atoms with E-state index in [0.717, 1.165) is 24.0 Å². The quantitative estimate of drug-likeness (QED) is 0.736. The van der Waals surface area contributed by atoms with E-state index in [4.69, 9.17) is 4.74 Å². The number of hydrogen-bond acceptors (Lipinski definition) is 4. The molecular weight excluding hydrogens is 316 g/mol. The van der Waals surface area contributed by atoms with Crippen LogP contribution in [-0.4, -0.2) is 51.1 Å². The van der Waals surface area contributed by atoms with E-state index in [9.17, 15) is 13.2 Å². The van der Waals surface area contributed by atoms with Crippen LogP contribution in [0.3, 0.4) is 0 Å². The first-order valence-electron chi connectivity index (χ1n) is 7.63. The molecule has 1 N–H and O–H groups in total. The summed E-state index contributed by atoms with van der Waals surface area (Å²) in [6.07, 6.45) is 2.43. The van der Waals surface area contributed by atoms with E-state index in [0.29, 0.717) is 6.42 Å². The number of amides is 1. The fourth-order valence-corrected chi connectivity index (χ4v) is 2.80. The van der Waals surface area contributed by atoms with E-state index in [1.165, 1.54) is 4.31 Å². The Morgan fingerprint density at radius 1 is 1.39 bits per heavy atom. The van der Waals surface area contributed by atoms with Gasteiger partial charge in [0.15, 0.2) is 0 Å². The molecule has 0 bridgehead atoms. The largest absolute Gasteiger partial charge is 0.497 e. The summed E-state index contributed by atoms with van der Waals surface area (Å²) < 4.78 is 30.1. The molecule has 0 saturated heterocycles. The monoisotopic (exact) mass is 342 g/mol. The highest BCUT2D eigenvalue weighted by atomic mass is 32.2. The van der Waals surface area contributed by atoms with Crippen molar-refractivity contribution < 1.29 is 17.9 Å². The number of rotatable bonds is 9. The van der Waals surface area contributed by atoms with E-state index in [1.807, 2.05) is 38.1 Å². The Labute approximate surface area is 138 Å². The minimum Gasteiger partial charge on any atom is -0.497 e. The number of carbonyl (C=O) groups is 1. The first-order valence-corrected chi connectivity index (χ1v) is 9.48. The number of carbonyl (C=O) groups excluding carboxylic acids is 1. The predicted octanol–water partition coefficient (Wildman–Crippen LogP) is 1.41. The predicted molar refractivity (Wildman–Crippen MR) is 91.0 cm³/mol. The van der Waals surface area contributed by atoms with E-state index in [-0.39, 0.29) is 25.0 Å². The van der Waals surface area contributed by atoms with Crippen LogP contribution < -0.4 is 10.1 Å². The van der Waals surface area contributed by atoms with Crippen LogP contribution in [0.1, 0.15) is 25.8 Å². The van der Waals surface area contributed by atoms with Crippen molar-refractivity contribution in [2.45, 2.75) is 32.7 Å². The zero-order valence-corrected chi connectivity index (χ0v) is 15.0. The molecule has 6 nitrogen and oxygen atoms in total. The highest BCUT2D eigenvalue weighted by Gasteiger charge is 2.20. The number of hydrogen-bond donors (Lipinski definition) is 1. The maximum Gasteiger partial charge on any atom is 0.235 e. The van der Waals surface area contributed by atoms with E-state index >= 15 is 0 Å². The van der Waals surface area contributed by atoms with Crippen molar-refractivity contribution in [1.29, 1.82) is 0 Å². The number of ether oxygens (including phenoxy) is 1. The molecule has 0 radical (unpaired) electrons. The number of methoxy groups -OCH3 is 1. The summed E-state index contributed by atoms with van der Waals surface area (Å²) in [5.74, 6) is 0.443. The fourth-order valence-electron chi connectivity index (χ4n) is 2.03. The number of benzene rings is 1. The fraction of sp³-hybridized carbons (Fsp3) is 0.562. The van der Waals surface area contributed by atoms with Gasteiger partial charge in [0.25, 0.3) is 0 Å². The van der Waals surface area contributed by atoms with Gasteiger partial charge in [-0.15, -0.1) is 0 Å². The lowest BCUT2D eigenvalue weighted by atomic mass is 10.1. The molecule has 0 saturated carbocycles. The van der Waals surface area contributed by atoms with Gasteiger partial charge in [-0.25, -0.2) is 8.42 Å². The maximum atomic E-state index is 11.9. The molecule has 1 unspecified atom stereocenters. The van der Waals surface area contributed by atoms with Gasteiger partial charge in [0, 0.05) is 12.6 Å². The second-order valence-corrected chi connectivity index (χ2v) is 7.56. The van der Waals surface area contributed by atoms with Gasteiger partial charge >= 0.3 is 0 Å². The van der Waals surface area contributed by atoms with Gasteiger partial charge < -0.3 is 10.1 Å². The Balaban J connectivity index is 2.70. The normalized spacial score (nSPS) is 12.9. The van der Waals surface area contributed by atoms with Crippen molar-refractivity contribution in [2.75, 3.05) is 26.5 Å². The van der Waals surface area contributed by atoms with Crippen LogP contribution in [0.2, 0.25) is 0 Å². The SMILES string of the molecule is CCC(C)NC(=O)CN(CCc1cccc(OC)c1)S(C)(=O)=O. The third kappa shape index (κ3) is 7.00. The molecule has 1 rings (SSSR count). The lowest BCUT2D eigenvalue weighted by Gasteiger charge is -2.21. The maximum absolute atomic E-state index is 11.9. The van der Waals surface area contributed by atoms with Gasteiger partial charge in [-0.1, -0.05) is 19.1 Å². The molecule has 0 fully saturated rings. The molecule has 1 atom stereocenters. The lowest BCUT2D eigenvalue weighted by molar-refractivity contribution is -0.121. The Hall–Kier alpha value is -1.60. The molecule has 1 amide bonds. The van der Waals surface area contributed by atoms with Crippen LogP contribution in [-0.2, 0) is 21.2 Å². The summed E-state index contributed by atoms with van der Waals surface area (Å²) >= 11 is 0. The molecule has 0 aliphatic rings. The summed E-state index contributed by atoms with van der Waals surface area (Å²) in [7, 11) is -1.86. The van der Waals surface area contributed by atoms with Crippen LogP contribution in [0.4, 0.5) is 0 Å². The zero-order chi connectivity index (χ0) is 17.5. The lowest BCUT2D eigenvalue weighted by Crippen LogP contribution is -2.43. The second-order valence-electron chi connectivity index (χ2n) is 5.57. The van der Waals surface area contributed by atoms with E-state index in [2.05, 4.69) is 5.32 Å². The number of nitrogens with one attached hydrogen (secondary N) is 1. The van der Waals surface area contributed by atoms with Gasteiger partial charge in [0.05, 0.1) is 19.9 Å². The average Bonchev–Trinajstić information content (AvgIpc) is 2.50. The van der Waals surface area contributed by atoms with Crippen LogP contribution in [0, 0.1) is 0 Å². The summed E-state index contributed by atoms with van der Waals surface area (Å²) in [5.41, 5.74) is 0.959. The van der Waals surface area contributed by atoms with Crippen LogP contribution in [0.25, 0.3) is 0 Å². The molecule has 23 heavy (non-hydrogen) atoms. The third-order valence-electron chi connectivity index (χ3n) is 3.59. The van der Waals surface area contributed by atoms with Crippen molar-refractivity contribution in [3.63, 3.8) is 0 Å². The summed E-state index contributed by atoms with van der Waals surface area (Å²) in [6, 6.07) is 7.48. The average molecular weight is 342 g/mol. The van der Waals surface area contributed by atoms with Crippen molar-refractivity contribution in [3.8, 4) is 5.75 Å². The zero-order valence-electron chi connectivity index (χ0n) is 14.2. The Kier molecular flexibility index (Phi) is 7.51. The van der Waals surface area contributed by atoms with Gasteiger partial charge in [0.2, 0.25) is 15.9 Å². The van der Waals surface area contributed by atoms with Crippen LogP contribution in [0.15, 0.2) is 24.3 Å². The molecule has 7 heteroatoms. The van der Waals surface area contributed by atoms with Gasteiger partial charge in [-0.3, -0.25) is 4.79 Å². The van der Waals surface area contributed by atoms with E-state index in [1.54, 1.807) is 7.11 Å². The first kappa shape index (κ1) is 19.4. The third-order valence-corrected chi connectivity index (χ3v) is 4.84. The smallest absolute Gasteiger partial charge is 0.235 e. The molecule has 0 aliphatic heterocycles. The van der Waals surface area contributed by atoms with Crippen molar-refractivity contribution >= 4 is 15.9 Å². The molecule has 0 aromatic heterocycles. The van der Waals surface area contributed by atoms with Crippen LogP contribution in [0.5, 0.6) is 5.75 Å². The minimum atomic E-state index is -3.45. The van der Waals surface area contributed by atoms with Crippen molar-refractivity contribution in [3.05, 3.63) is 29.8 Å². The molecule has 0 aliphatic carbocycles. The summed E-state index contributed by atoms with van der Waals surface area (Å²) in [4.78, 5) is 11.9. The molecule has 1 aromatic carbocycles. The van der Waals surface area contributed by atoms with Crippen molar-refractivity contribution in [1.82, 2.24) is 9.62 Å². The Morgan fingerprint density at radius 3 is 2.65 bits per heavy atom. The minimum absolute atomic E-state index is 0.0299. The molecule has 0 heterocycles. The molecule has 130 valence electrons. The van der Waals surface area contributed by atoms with E-state index < -0.39 is 10.0 Å². The highest BCUT2D eigenvalue weighted by molar-refractivity contribution is 7.88. The van der Waals surface area contributed by atoms with Gasteiger partial charge in [0.1, 0.15) is 5.75 Å². The van der Waals surface area contributed by atoms with Gasteiger partial charge in [-0.05, 0) is 37.5 Å². The Bertz CT molecular complexity index is 616. The molecular formula is C16H26N2O4S. The van der Waals surface area contributed by atoms with Crippen molar-refractivity contribution in [2.24, 2.45) is 0 Å². The molecule has 0 spiro atoms. The van der Waals surface area contributed by atoms with Gasteiger partial charge in [-0.2, -0.15) is 4.31 Å².